The summed E-state index contributed by atoms with van der Waals surface area (Å²) in [4.78, 5) is 2.53. The molecule has 1 N–H and O–H groups in total. The second-order valence-corrected chi connectivity index (χ2v) is 6.85. The lowest BCUT2D eigenvalue weighted by molar-refractivity contribution is 0.416. The summed E-state index contributed by atoms with van der Waals surface area (Å²) < 4.78 is 5.42. The molecule has 0 saturated heterocycles. The summed E-state index contributed by atoms with van der Waals surface area (Å²) in [5, 5.41) is 8.43. The normalized spacial score (nSPS) is 10.8. The molecule has 3 aromatic rings. The first-order valence-corrected chi connectivity index (χ1v) is 8.58. The van der Waals surface area contributed by atoms with Gasteiger partial charge in [-0.2, -0.15) is 0 Å². The zero-order chi connectivity index (χ0) is 14.7. The zero-order valence-electron chi connectivity index (χ0n) is 11.4. The van der Waals surface area contributed by atoms with Crippen LogP contribution in [0.25, 0.3) is 0 Å². The minimum absolute atomic E-state index is 0.109. The van der Waals surface area contributed by atoms with Crippen molar-refractivity contribution in [1.82, 2.24) is 0 Å². The van der Waals surface area contributed by atoms with E-state index in [-0.39, 0.29) is 6.04 Å². The van der Waals surface area contributed by atoms with Gasteiger partial charge in [0.2, 0.25) is 0 Å². The van der Waals surface area contributed by atoms with E-state index < -0.39 is 0 Å². The largest absolute Gasteiger partial charge is 0.495 e. The predicted molar refractivity (Wildman–Crippen MR) is 92.1 cm³/mol. The molecule has 0 unspecified atom stereocenters. The fraction of sp³-hybridized carbons (Fsp3) is 0.125. The van der Waals surface area contributed by atoms with Crippen LogP contribution in [-0.2, 0) is 0 Å². The lowest BCUT2D eigenvalue weighted by atomic mass is 10.1. The number of anilines is 1. The highest BCUT2D eigenvalue weighted by atomic mass is 35.5. The zero-order valence-corrected chi connectivity index (χ0v) is 13.8. The molecule has 2 heterocycles. The van der Waals surface area contributed by atoms with Gasteiger partial charge < -0.3 is 10.1 Å². The van der Waals surface area contributed by atoms with Gasteiger partial charge in [-0.3, -0.25) is 0 Å². The maximum Gasteiger partial charge on any atom is 0.142 e. The molecule has 0 atom stereocenters. The molecular weight excluding hydrogens is 322 g/mol. The van der Waals surface area contributed by atoms with Gasteiger partial charge in [0, 0.05) is 14.8 Å². The van der Waals surface area contributed by atoms with E-state index in [2.05, 4.69) is 40.3 Å². The number of hydrogen-bond acceptors (Lipinski definition) is 4. The van der Waals surface area contributed by atoms with E-state index in [1.165, 1.54) is 9.75 Å². The Kier molecular flexibility index (Phi) is 4.48. The number of rotatable bonds is 5. The maximum absolute atomic E-state index is 6.12. The molecule has 1 aromatic carbocycles. The first-order chi connectivity index (χ1) is 10.3. The Morgan fingerprint density at radius 1 is 1.05 bits per heavy atom. The smallest absolute Gasteiger partial charge is 0.142 e. The summed E-state index contributed by atoms with van der Waals surface area (Å²) >= 11 is 9.59. The Morgan fingerprint density at radius 2 is 1.71 bits per heavy atom. The fourth-order valence-corrected chi connectivity index (χ4v) is 3.98. The van der Waals surface area contributed by atoms with E-state index in [9.17, 15) is 0 Å². The molecule has 0 amide bonds. The van der Waals surface area contributed by atoms with Crippen LogP contribution in [0.2, 0.25) is 5.02 Å². The van der Waals surface area contributed by atoms with E-state index in [1.54, 1.807) is 29.8 Å². The van der Waals surface area contributed by atoms with Crippen LogP contribution in [0, 0.1) is 0 Å². The van der Waals surface area contributed by atoms with Crippen LogP contribution in [0.3, 0.4) is 0 Å². The highest BCUT2D eigenvalue weighted by molar-refractivity contribution is 7.11. The third kappa shape index (κ3) is 3.23. The number of halogens is 1. The fourth-order valence-electron chi connectivity index (χ4n) is 2.14. The average molecular weight is 336 g/mol. The quantitative estimate of drug-likeness (QED) is 0.648. The molecule has 0 aliphatic rings. The van der Waals surface area contributed by atoms with Crippen molar-refractivity contribution in [3.8, 4) is 5.75 Å². The summed E-state index contributed by atoms with van der Waals surface area (Å²) in [6.45, 7) is 0. The number of thiophene rings is 2. The minimum atomic E-state index is 0.109. The van der Waals surface area contributed by atoms with Gasteiger partial charge in [-0.1, -0.05) is 23.7 Å². The van der Waals surface area contributed by atoms with Gasteiger partial charge in [0.25, 0.3) is 0 Å². The van der Waals surface area contributed by atoms with E-state index in [0.29, 0.717) is 5.02 Å². The van der Waals surface area contributed by atoms with Crippen LogP contribution in [0.1, 0.15) is 15.8 Å². The van der Waals surface area contributed by atoms with Crippen molar-refractivity contribution in [3.05, 3.63) is 68.0 Å². The Balaban J connectivity index is 1.98. The molecule has 2 aromatic heterocycles. The molecule has 0 spiro atoms. The van der Waals surface area contributed by atoms with Gasteiger partial charge in [0.15, 0.2) is 0 Å². The average Bonchev–Trinajstić information content (AvgIpc) is 3.18. The van der Waals surface area contributed by atoms with Crippen LogP contribution in [-0.4, -0.2) is 7.11 Å². The van der Waals surface area contributed by atoms with E-state index in [1.807, 2.05) is 18.2 Å². The molecule has 108 valence electrons. The van der Waals surface area contributed by atoms with Gasteiger partial charge in [-0.15, -0.1) is 22.7 Å². The van der Waals surface area contributed by atoms with Crippen LogP contribution in [0.4, 0.5) is 5.69 Å². The number of methoxy groups -OCH3 is 1. The van der Waals surface area contributed by atoms with Gasteiger partial charge in [0.05, 0.1) is 18.8 Å². The van der Waals surface area contributed by atoms with Crippen molar-refractivity contribution in [2.24, 2.45) is 0 Å². The lowest BCUT2D eigenvalue weighted by Gasteiger charge is -2.19. The van der Waals surface area contributed by atoms with Crippen molar-refractivity contribution in [3.63, 3.8) is 0 Å². The summed E-state index contributed by atoms with van der Waals surface area (Å²) in [6.07, 6.45) is 0. The lowest BCUT2D eigenvalue weighted by Crippen LogP contribution is -2.10. The second kappa shape index (κ2) is 6.52. The molecular formula is C16H14ClNOS2. The summed E-state index contributed by atoms with van der Waals surface area (Å²) in [7, 11) is 1.67. The number of hydrogen-bond donors (Lipinski definition) is 1. The molecule has 0 fully saturated rings. The van der Waals surface area contributed by atoms with Crippen molar-refractivity contribution >= 4 is 40.0 Å². The van der Waals surface area contributed by atoms with Crippen molar-refractivity contribution in [1.29, 1.82) is 0 Å². The summed E-state index contributed by atoms with van der Waals surface area (Å²) in [6, 6.07) is 14.1. The first-order valence-electron chi connectivity index (χ1n) is 6.45. The third-order valence-corrected chi connectivity index (χ3v) is 5.23. The Bertz CT molecular complexity index is 661. The highest BCUT2D eigenvalue weighted by Gasteiger charge is 2.18. The maximum atomic E-state index is 6.12. The van der Waals surface area contributed by atoms with E-state index >= 15 is 0 Å². The van der Waals surface area contributed by atoms with Gasteiger partial charge in [0.1, 0.15) is 5.75 Å². The van der Waals surface area contributed by atoms with Crippen LogP contribution in [0.15, 0.2) is 53.2 Å². The van der Waals surface area contributed by atoms with Crippen LogP contribution in [0.5, 0.6) is 5.75 Å². The van der Waals surface area contributed by atoms with Crippen LogP contribution < -0.4 is 10.1 Å². The van der Waals surface area contributed by atoms with E-state index in [4.69, 9.17) is 16.3 Å². The standard InChI is InChI=1S/C16H14ClNOS2/c1-19-13-7-6-11(17)10-12(13)18-16(14-4-2-8-20-14)15-5-3-9-21-15/h2-10,16,18H,1H3. The molecule has 0 saturated carbocycles. The highest BCUT2D eigenvalue weighted by Crippen LogP contribution is 2.36. The Labute approximate surface area is 137 Å². The number of nitrogens with one attached hydrogen (secondary N) is 1. The topological polar surface area (TPSA) is 21.3 Å². The number of ether oxygens (including phenoxy) is 1. The van der Waals surface area contributed by atoms with Crippen molar-refractivity contribution < 1.29 is 4.74 Å². The van der Waals surface area contributed by atoms with Crippen LogP contribution >= 0.6 is 34.3 Å². The molecule has 21 heavy (non-hydrogen) atoms. The van der Waals surface area contributed by atoms with Crippen molar-refractivity contribution in [2.75, 3.05) is 12.4 Å². The summed E-state index contributed by atoms with van der Waals surface area (Å²) in [5.74, 6) is 0.789. The first kappa shape index (κ1) is 14.4. The molecule has 5 heteroatoms. The van der Waals surface area contributed by atoms with Gasteiger partial charge in [-0.05, 0) is 41.1 Å². The summed E-state index contributed by atoms with van der Waals surface area (Å²) in [5.41, 5.74) is 0.900. The molecule has 2 nitrogen and oxygen atoms in total. The molecule has 0 bridgehead atoms. The third-order valence-electron chi connectivity index (χ3n) is 3.12. The minimum Gasteiger partial charge on any atom is -0.495 e. The predicted octanol–water partition coefficient (Wildman–Crippen LogP) is 5.67. The van der Waals surface area contributed by atoms with Gasteiger partial charge in [-0.25, -0.2) is 0 Å². The van der Waals surface area contributed by atoms with Gasteiger partial charge >= 0.3 is 0 Å². The molecule has 0 radical (unpaired) electrons. The molecule has 0 aliphatic heterocycles. The van der Waals surface area contributed by atoms with E-state index in [0.717, 1.165) is 11.4 Å². The Hall–Kier alpha value is -1.49. The molecule has 3 rings (SSSR count). The monoisotopic (exact) mass is 335 g/mol. The van der Waals surface area contributed by atoms with Crippen molar-refractivity contribution in [2.45, 2.75) is 6.04 Å². The SMILES string of the molecule is COc1ccc(Cl)cc1NC(c1cccs1)c1cccs1. The molecule has 0 aliphatic carbocycles. The second-order valence-electron chi connectivity index (χ2n) is 4.45. The number of benzene rings is 1. The Morgan fingerprint density at radius 3 is 2.24 bits per heavy atom.